The van der Waals surface area contributed by atoms with Gasteiger partial charge in [0.25, 0.3) is 0 Å². The van der Waals surface area contributed by atoms with Gasteiger partial charge in [-0.1, -0.05) is 68.4 Å². The zero-order chi connectivity index (χ0) is 24.8. The highest BCUT2D eigenvalue weighted by Gasteiger charge is 2.34. The molecular weight excluding hydrogens is 436 g/mol. The van der Waals surface area contributed by atoms with E-state index in [4.69, 9.17) is 0 Å². The molecule has 2 aliphatic heterocycles. The van der Waals surface area contributed by atoms with Gasteiger partial charge in [0.15, 0.2) is 5.78 Å². The molecule has 1 unspecified atom stereocenters. The molecule has 0 saturated carbocycles. The summed E-state index contributed by atoms with van der Waals surface area (Å²) < 4.78 is 0. The number of hydrogen-bond acceptors (Lipinski definition) is 3. The van der Waals surface area contributed by atoms with Gasteiger partial charge in [0, 0.05) is 37.7 Å². The van der Waals surface area contributed by atoms with Crippen molar-refractivity contribution in [3.63, 3.8) is 0 Å². The number of Topliss-reactive ketones (excluding diaryl/α,β-unsaturated/α-hetero) is 1. The van der Waals surface area contributed by atoms with Gasteiger partial charge in [-0.05, 0) is 49.1 Å². The van der Waals surface area contributed by atoms with Crippen molar-refractivity contribution in [1.29, 1.82) is 0 Å². The molecule has 0 N–H and O–H groups in total. The Kier molecular flexibility index (Phi) is 8.37. The normalized spacial score (nSPS) is 19.1. The zero-order valence-electron chi connectivity index (χ0n) is 21.1. The highest BCUT2D eigenvalue weighted by atomic mass is 16.2. The summed E-state index contributed by atoms with van der Waals surface area (Å²) >= 11 is 0. The second-order valence-electron chi connectivity index (χ2n) is 10.6. The number of amides is 2. The van der Waals surface area contributed by atoms with Gasteiger partial charge in [-0.3, -0.25) is 14.4 Å². The first-order chi connectivity index (χ1) is 16.9. The molecule has 2 heterocycles. The Hall–Kier alpha value is -2.95. The number of nitrogens with zero attached hydrogens (tertiary/aromatic N) is 2. The lowest BCUT2D eigenvalue weighted by Crippen LogP contribution is -2.49. The van der Waals surface area contributed by atoms with Crippen LogP contribution in [0.5, 0.6) is 0 Å². The third-order valence-electron chi connectivity index (χ3n) is 7.38. The Morgan fingerprint density at radius 2 is 1.49 bits per heavy atom. The van der Waals surface area contributed by atoms with Crippen molar-refractivity contribution < 1.29 is 14.4 Å². The second kappa shape index (κ2) is 11.7. The lowest BCUT2D eigenvalue weighted by atomic mass is 9.87. The van der Waals surface area contributed by atoms with Crippen molar-refractivity contribution >= 4 is 17.6 Å². The third-order valence-corrected chi connectivity index (χ3v) is 7.38. The van der Waals surface area contributed by atoms with Gasteiger partial charge in [0.2, 0.25) is 11.8 Å². The fraction of sp³-hybridized carbons (Fsp3) is 0.500. The first kappa shape index (κ1) is 25.2. The van der Waals surface area contributed by atoms with Crippen molar-refractivity contribution in [2.75, 3.05) is 26.2 Å². The van der Waals surface area contributed by atoms with Gasteiger partial charge in [-0.15, -0.1) is 0 Å². The number of carbonyl (C=O) groups is 3. The molecule has 0 bridgehead atoms. The van der Waals surface area contributed by atoms with Crippen LogP contribution in [0.4, 0.5) is 0 Å². The number of carbonyl (C=O) groups excluding carboxylic acids is 3. The Balaban J connectivity index is 1.27. The average molecular weight is 475 g/mol. The van der Waals surface area contributed by atoms with Crippen LogP contribution in [0.15, 0.2) is 54.6 Å². The number of piperidine rings is 2. The van der Waals surface area contributed by atoms with Crippen molar-refractivity contribution in [2.45, 2.75) is 52.4 Å². The fourth-order valence-electron chi connectivity index (χ4n) is 5.42. The van der Waals surface area contributed by atoms with Gasteiger partial charge in [0.1, 0.15) is 0 Å². The van der Waals surface area contributed by atoms with Gasteiger partial charge < -0.3 is 9.80 Å². The predicted octanol–water partition coefficient (Wildman–Crippen LogP) is 4.79. The van der Waals surface area contributed by atoms with E-state index < -0.39 is 0 Å². The lowest BCUT2D eigenvalue weighted by Gasteiger charge is -2.37. The molecule has 2 aromatic carbocycles. The molecule has 5 nitrogen and oxygen atoms in total. The third kappa shape index (κ3) is 6.59. The largest absolute Gasteiger partial charge is 0.342 e. The van der Waals surface area contributed by atoms with Crippen LogP contribution in [0.2, 0.25) is 0 Å². The number of rotatable bonds is 7. The van der Waals surface area contributed by atoms with Gasteiger partial charge >= 0.3 is 0 Å². The van der Waals surface area contributed by atoms with Gasteiger partial charge in [-0.2, -0.15) is 0 Å². The molecule has 186 valence electrons. The van der Waals surface area contributed by atoms with Crippen LogP contribution in [0.1, 0.15) is 61.0 Å². The highest BCUT2D eigenvalue weighted by molar-refractivity contribution is 5.98. The van der Waals surface area contributed by atoms with E-state index in [-0.39, 0.29) is 29.4 Å². The molecule has 35 heavy (non-hydrogen) atoms. The van der Waals surface area contributed by atoms with E-state index in [2.05, 4.69) is 26.0 Å². The number of hydrogen-bond donors (Lipinski definition) is 0. The number of benzene rings is 2. The van der Waals surface area contributed by atoms with Gasteiger partial charge in [-0.25, -0.2) is 0 Å². The van der Waals surface area contributed by atoms with E-state index in [0.29, 0.717) is 44.8 Å². The van der Waals surface area contributed by atoms with Crippen LogP contribution in [0.3, 0.4) is 0 Å². The highest BCUT2D eigenvalue weighted by Crippen LogP contribution is 2.26. The molecule has 2 amide bonds. The summed E-state index contributed by atoms with van der Waals surface area (Å²) in [4.78, 5) is 42.9. The molecule has 4 rings (SSSR count). The first-order valence-corrected chi connectivity index (χ1v) is 13.1. The van der Waals surface area contributed by atoms with Crippen LogP contribution in [-0.4, -0.2) is 53.6 Å². The minimum atomic E-state index is -0.135. The maximum absolute atomic E-state index is 13.3. The molecular formula is C30H38N2O3. The Morgan fingerprint density at radius 3 is 2.14 bits per heavy atom. The standard InChI is InChI=1S/C30H38N2O3/c1-22(2)19-24-10-12-25(13-11-24)29(34)26-14-17-31(18-15-26)30(35)27-9-6-16-32(21-27)28(33)20-23-7-4-3-5-8-23/h3-5,7-8,10-13,22,26-27H,6,9,14-21H2,1-2H3. The Morgan fingerprint density at radius 1 is 0.800 bits per heavy atom. The van der Waals surface area contributed by atoms with E-state index in [1.807, 2.05) is 52.3 Å². The maximum Gasteiger partial charge on any atom is 0.227 e. The number of ketones is 1. The van der Waals surface area contributed by atoms with E-state index in [1.54, 1.807) is 0 Å². The van der Waals surface area contributed by atoms with E-state index in [0.717, 1.165) is 36.9 Å². The van der Waals surface area contributed by atoms with Crippen LogP contribution >= 0.6 is 0 Å². The maximum atomic E-state index is 13.3. The molecule has 5 heteroatoms. The van der Waals surface area contributed by atoms with Crippen molar-refractivity contribution in [2.24, 2.45) is 17.8 Å². The summed E-state index contributed by atoms with van der Waals surface area (Å²) in [7, 11) is 0. The summed E-state index contributed by atoms with van der Waals surface area (Å²) in [5, 5.41) is 0. The Labute approximate surface area is 209 Å². The second-order valence-corrected chi connectivity index (χ2v) is 10.6. The summed E-state index contributed by atoms with van der Waals surface area (Å²) in [5.41, 5.74) is 3.05. The molecule has 2 fully saturated rings. The molecule has 2 aromatic rings. The summed E-state index contributed by atoms with van der Waals surface area (Å²) in [6.07, 6.45) is 4.51. The molecule has 0 aromatic heterocycles. The van der Waals surface area contributed by atoms with Crippen LogP contribution in [0, 0.1) is 17.8 Å². The monoisotopic (exact) mass is 474 g/mol. The summed E-state index contributed by atoms with van der Waals surface area (Å²) in [6.45, 7) is 6.86. The van der Waals surface area contributed by atoms with Crippen LogP contribution in [0.25, 0.3) is 0 Å². The van der Waals surface area contributed by atoms with E-state index >= 15 is 0 Å². The molecule has 0 spiro atoms. The molecule has 1 atom stereocenters. The first-order valence-electron chi connectivity index (χ1n) is 13.1. The van der Waals surface area contributed by atoms with Crippen molar-refractivity contribution in [3.05, 3.63) is 71.3 Å². The number of likely N-dealkylation sites (tertiary alicyclic amines) is 2. The quantitative estimate of drug-likeness (QED) is 0.542. The molecule has 2 aliphatic rings. The zero-order valence-corrected chi connectivity index (χ0v) is 21.1. The topological polar surface area (TPSA) is 57.7 Å². The van der Waals surface area contributed by atoms with Crippen LogP contribution < -0.4 is 0 Å². The van der Waals surface area contributed by atoms with E-state index in [1.165, 1.54) is 5.56 Å². The van der Waals surface area contributed by atoms with E-state index in [9.17, 15) is 14.4 Å². The lowest BCUT2D eigenvalue weighted by molar-refractivity contribution is -0.141. The molecule has 0 aliphatic carbocycles. The fourth-order valence-corrected chi connectivity index (χ4v) is 5.42. The SMILES string of the molecule is CC(C)Cc1ccc(C(=O)C2CCN(C(=O)C3CCCN(C(=O)Cc4ccccc4)C3)CC2)cc1. The minimum absolute atomic E-state index is 0.0229. The minimum Gasteiger partial charge on any atom is -0.342 e. The molecule has 0 radical (unpaired) electrons. The smallest absolute Gasteiger partial charge is 0.227 e. The van der Waals surface area contributed by atoms with Gasteiger partial charge in [0.05, 0.1) is 12.3 Å². The molecule has 2 saturated heterocycles. The van der Waals surface area contributed by atoms with Crippen molar-refractivity contribution in [1.82, 2.24) is 9.80 Å². The predicted molar refractivity (Wildman–Crippen MR) is 138 cm³/mol. The van der Waals surface area contributed by atoms with Crippen LogP contribution in [-0.2, 0) is 22.4 Å². The summed E-state index contributed by atoms with van der Waals surface area (Å²) in [5.74, 6) is 0.873. The average Bonchev–Trinajstić information content (AvgIpc) is 2.89. The Bertz CT molecular complexity index is 1010. The van der Waals surface area contributed by atoms with Crippen molar-refractivity contribution in [3.8, 4) is 0 Å². The summed E-state index contributed by atoms with van der Waals surface area (Å²) in [6, 6.07) is 17.8.